The summed E-state index contributed by atoms with van der Waals surface area (Å²) in [6.07, 6.45) is 12.4. The maximum absolute atomic E-state index is 3.76. The monoisotopic (exact) mass is 545 g/mol. The summed E-state index contributed by atoms with van der Waals surface area (Å²) < 4.78 is 0. The summed E-state index contributed by atoms with van der Waals surface area (Å²) in [4.78, 5) is 2.49. The molecule has 2 aliphatic carbocycles. The van der Waals surface area contributed by atoms with Gasteiger partial charge in [0.25, 0.3) is 0 Å². The third kappa shape index (κ3) is 4.32. The van der Waals surface area contributed by atoms with E-state index in [0.717, 1.165) is 11.1 Å². The lowest BCUT2D eigenvalue weighted by Gasteiger charge is -2.31. The summed E-state index contributed by atoms with van der Waals surface area (Å²) >= 11 is 0. The summed E-state index contributed by atoms with van der Waals surface area (Å²) in [5, 5.41) is 2.71. The normalized spacial score (nSPS) is 19.1. The number of hydrogen-bond acceptors (Lipinski definition) is 1. The zero-order valence-electron chi connectivity index (χ0n) is 25.2. The molecular formula is C41H39N. The molecule has 2 atom stereocenters. The second kappa shape index (κ2) is 10.7. The number of hydrogen-bond donors (Lipinski definition) is 0. The zero-order valence-corrected chi connectivity index (χ0v) is 25.2. The number of allylic oxidation sites excluding steroid dienone is 7. The molecule has 3 aliphatic rings. The molecule has 4 aromatic rings. The van der Waals surface area contributed by atoms with Gasteiger partial charge in [-0.1, -0.05) is 142 Å². The molecule has 1 nitrogen and oxygen atoms in total. The largest absolute Gasteiger partial charge is 0.366 e. The molecule has 0 saturated carbocycles. The van der Waals surface area contributed by atoms with Crippen LogP contribution in [0.15, 0.2) is 146 Å². The van der Waals surface area contributed by atoms with Crippen molar-refractivity contribution < 1.29 is 0 Å². The minimum Gasteiger partial charge on any atom is -0.366 e. The summed E-state index contributed by atoms with van der Waals surface area (Å²) in [6, 6.07) is 29.8. The number of benzene rings is 4. The van der Waals surface area contributed by atoms with Crippen LogP contribution in [-0.2, 0) is 5.41 Å². The smallest absolute Gasteiger partial charge is 0.0649 e. The minimum atomic E-state index is 0.0210. The fourth-order valence-electron chi connectivity index (χ4n) is 7.13. The van der Waals surface area contributed by atoms with E-state index < -0.39 is 0 Å². The molecule has 208 valence electrons. The van der Waals surface area contributed by atoms with Crippen LogP contribution in [0.4, 0.5) is 5.69 Å². The van der Waals surface area contributed by atoms with Crippen molar-refractivity contribution in [1.29, 1.82) is 0 Å². The van der Waals surface area contributed by atoms with E-state index >= 15 is 0 Å². The summed E-state index contributed by atoms with van der Waals surface area (Å²) in [7, 11) is 2.26. The average Bonchev–Trinajstić information content (AvgIpc) is 3.43. The van der Waals surface area contributed by atoms with Gasteiger partial charge < -0.3 is 4.90 Å². The SMILES string of the molecule is C=C/C=C(/C=C)C(=C)C.CN1c2ccc3ccccc3c2C2C=CC=C(c3ccc4c(c3)C(C)(C)c3ccccc3-4)C21. The quantitative estimate of drug-likeness (QED) is 0.231. The highest BCUT2D eigenvalue weighted by atomic mass is 15.2. The van der Waals surface area contributed by atoms with E-state index in [2.05, 4.69) is 143 Å². The van der Waals surface area contributed by atoms with Crippen molar-refractivity contribution in [3.05, 3.63) is 168 Å². The predicted molar refractivity (Wildman–Crippen MR) is 183 cm³/mol. The van der Waals surface area contributed by atoms with Gasteiger partial charge in [-0.25, -0.2) is 0 Å². The Kier molecular flexibility index (Phi) is 6.99. The summed E-state index contributed by atoms with van der Waals surface area (Å²) in [6.45, 7) is 17.6. The minimum absolute atomic E-state index is 0.0210. The fraction of sp³-hybridized carbons (Fsp3) is 0.171. The van der Waals surface area contributed by atoms with E-state index in [-0.39, 0.29) is 5.41 Å². The van der Waals surface area contributed by atoms with E-state index in [0.29, 0.717) is 12.0 Å². The Labute approximate surface area is 251 Å². The first kappa shape index (κ1) is 27.5. The Bertz CT molecular complexity index is 1840. The number of nitrogens with zero attached hydrogens (tertiary/aromatic N) is 1. The molecule has 1 heterocycles. The first-order chi connectivity index (χ1) is 20.3. The first-order valence-corrected chi connectivity index (χ1v) is 14.8. The molecule has 0 fully saturated rings. The van der Waals surface area contributed by atoms with Crippen LogP contribution < -0.4 is 4.90 Å². The van der Waals surface area contributed by atoms with Gasteiger partial charge in [0.15, 0.2) is 0 Å². The van der Waals surface area contributed by atoms with Gasteiger partial charge in [0.05, 0.1) is 6.04 Å². The van der Waals surface area contributed by atoms with Gasteiger partial charge in [-0.3, -0.25) is 0 Å². The fourth-order valence-corrected chi connectivity index (χ4v) is 7.13. The topological polar surface area (TPSA) is 3.24 Å². The van der Waals surface area contributed by atoms with Gasteiger partial charge in [-0.2, -0.15) is 0 Å². The first-order valence-electron chi connectivity index (χ1n) is 14.8. The molecule has 4 aromatic carbocycles. The lowest BCUT2D eigenvalue weighted by atomic mass is 9.79. The van der Waals surface area contributed by atoms with Gasteiger partial charge >= 0.3 is 0 Å². The van der Waals surface area contributed by atoms with Gasteiger partial charge in [0, 0.05) is 24.1 Å². The van der Waals surface area contributed by atoms with Crippen LogP contribution in [0.5, 0.6) is 0 Å². The Morgan fingerprint density at radius 1 is 0.881 bits per heavy atom. The van der Waals surface area contributed by atoms with E-state index in [1.54, 1.807) is 12.2 Å². The molecular weight excluding hydrogens is 506 g/mol. The molecule has 0 aromatic heterocycles. The standard InChI is InChI=1S/C32H27N.C9H12/c1-32(2)27-14-7-6-11-24(27)25-17-15-21(19-28(25)32)23-12-8-13-26-30-22-10-5-4-9-20(22)16-18-29(30)33(3)31(23)26;1-5-7-9(6-2)8(3)4/h4-19,26,31H,1-3H3;5-7H,1-3H2,4H3/b;9-7-. The summed E-state index contributed by atoms with van der Waals surface area (Å²) in [5.41, 5.74) is 13.3. The molecule has 0 N–H and O–H groups in total. The van der Waals surface area contributed by atoms with Crippen molar-refractivity contribution in [2.24, 2.45) is 0 Å². The molecule has 0 saturated heterocycles. The molecule has 1 heteroatoms. The molecule has 0 radical (unpaired) electrons. The Morgan fingerprint density at radius 2 is 1.62 bits per heavy atom. The van der Waals surface area contributed by atoms with Crippen LogP contribution in [0.2, 0.25) is 0 Å². The van der Waals surface area contributed by atoms with Crippen LogP contribution in [0.1, 0.15) is 48.9 Å². The van der Waals surface area contributed by atoms with Crippen molar-refractivity contribution >= 4 is 22.0 Å². The van der Waals surface area contributed by atoms with Crippen molar-refractivity contribution in [2.45, 2.75) is 38.1 Å². The van der Waals surface area contributed by atoms with Crippen LogP contribution >= 0.6 is 0 Å². The van der Waals surface area contributed by atoms with Gasteiger partial charge in [0.2, 0.25) is 0 Å². The van der Waals surface area contributed by atoms with Gasteiger partial charge in [-0.15, -0.1) is 0 Å². The van der Waals surface area contributed by atoms with E-state index in [4.69, 9.17) is 0 Å². The third-order valence-electron chi connectivity index (χ3n) is 9.26. The third-order valence-corrected chi connectivity index (χ3v) is 9.26. The molecule has 1 aliphatic heterocycles. The average molecular weight is 546 g/mol. The summed E-state index contributed by atoms with van der Waals surface area (Å²) in [5.74, 6) is 0.370. The van der Waals surface area contributed by atoms with Crippen molar-refractivity contribution in [2.75, 3.05) is 11.9 Å². The Balaban J connectivity index is 0.000000307. The van der Waals surface area contributed by atoms with Crippen LogP contribution in [0.25, 0.3) is 27.5 Å². The maximum Gasteiger partial charge on any atom is 0.0649 e. The van der Waals surface area contributed by atoms with Crippen LogP contribution in [0, 0.1) is 0 Å². The van der Waals surface area contributed by atoms with Gasteiger partial charge in [0.1, 0.15) is 0 Å². The highest BCUT2D eigenvalue weighted by Crippen LogP contribution is 2.52. The zero-order chi connectivity index (χ0) is 29.6. The molecule has 2 unspecified atom stereocenters. The highest BCUT2D eigenvalue weighted by Gasteiger charge is 2.41. The lowest BCUT2D eigenvalue weighted by Crippen LogP contribution is -2.32. The van der Waals surface area contributed by atoms with Crippen molar-refractivity contribution in [1.82, 2.24) is 0 Å². The number of likely N-dealkylation sites (N-methyl/N-ethyl adjacent to an activating group) is 1. The molecule has 7 rings (SSSR count). The molecule has 42 heavy (non-hydrogen) atoms. The predicted octanol–water partition coefficient (Wildman–Crippen LogP) is 10.6. The molecule has 0 amide bonds. The lowest BCUT2D eigenvalue weighted by molar-refractivity contribution is 0.659. The number of rotatable bonds is 4. The maximum atomic E-state index is 3.76. The van der Waals surface area contributed by atoms with E-state index in [1.807, 2.05) is 13.0 Å². The van der Waals surface area contributed by atoms with Crippen molar-refractivity contribution in [3.63, 3.8) is 0 Å². The van der Waals surface area contributed by atoms with Gasteiger partial charge in [-0.05, 0) is 74.4 Å². The number of fused-ring (bicyclic) bond motifs is 8. The van der Waals surface area contributed by atoms with E-state index in [1.165, 1.54) is 55.4 Å². The van der Waals surface area contributed by atoms with Crippen LogP contribution in [0.3, 0.4) is 0 Å². The number of anilines is 1. The van der Waals surface area contributed by atoms with E-state index in [9.17, 15) is 0 Å². The molecule has 0 spiro atoms. The Hall–Kier alpha value is -4.62. The van der Waals surface area contributed by atoms with Crippen molar-refractivity contribution in [3.8, 4) is 11.1 Å². The second-order valence-electron chi connectivity index (χ2n) is 12.1. The molecule has 0 bridgehead atoms. The second-order valence-corrected chi connectivity index (χ2v) is 12.1. The Morgan fingerprint density at radius 3 is 2.36 bits per heavy atom. The highest BCUT2D eigenvalue weighted by molar-refractivity contribution is 5.96. The van der Waals surface area contributed by atoms with Crippen LogP contribution in [-0.4, -0.2) is 13.1 Å².